The van der Waals surface area contributed by atoms with Crippen molar-refractivity contribution < 1.29 is 9.53 Å². The molecule has 0 fully saturated rings. The molecule has 0 atom stereocenters. The van der Waals surface area contributed by atoms with Gasteiger partial charge in [-0.1, -0.05) is 6.92 Å². The Morgan fingerprint density at radius 3 is 2.81 bits per heavy atom. The second-order valence-electron chi connectivity index (χ2n) is 4.29. The van der Waals surface area contributed by atoms with Crippen LogP contribution in [-0.4, -0.2) is 27.5 Å². The fourth-order valence-corrected chi connectivity index (χ4v) is 2.16. The number of carbonyl (C=O) groups excluding carboxylic acids is 1. The highest BCUT2D eigenvalue weighted by Gasteiger charge is 2.16. The van der Waals surface area contributed by atoms with Gasteiger partial charge in [-0.3, -0.25) is 4.98 Å². The van der Waals surface area contributed by atoms with Crippen LogP contribution in [0, 0.1) is 0 Å². The lowest BCUT2D eigenvalue weighted by atomic mass is 10.1. The van der Waals surface area contributed by atoms with Crippen LogP contribution in [0.15, 0.2) is 24.7 Å². The molecule has 0 aliphatic heterocycles. The van der Waals surface area contributed by atoms with E-state index >= 15 is 0 Å². The zero-order chi connectivity index (χ0) is 15.2. The SMILES string of the molecule is CCOC(=O)c1cnc(-c2ccncc2CC)nc1CCl. The second-order valence-corrected chi connectivity index (χ2v) is 4.56. The number of hydrogen-bond donors (Lipinski definition) is 0. The summed E-state index contributed by atoms with van der Waals surface area (Å²) in [5, 5.41) is 0. The van der Waals surface area contributed by atoms with E-state index in [1.165, 1.54) is 6.20 Å². The van der Waals surface area contributed by atoms with E-state index in [1.54, 1.807) is 19.3 Å². The molecule has 2 heterocycles. The van der Waals surface area contributed by atoms with Crippen molar-refractivity contribution in [3.05, 3.63) is 41.5 Å². The first-order chi connectivity index (χ1) is 10.2. The molecular weight excluding hydrogens is 290 g/mol. The van der Waals surface area contributed by atoms with Gasteiger partial charge in [-0.2, -0.15) is 0 Å². The van der Waals surface area contributed by atoms with Gasteiger partial charge in [0.15, 0.2) is 5.82 Å². The fourth-order valence-electron chi connectivity index (χ4n) is 1.96. The minimum absolute atomic E-state index is 0.121. The molecule has 0 amide bonds. The number of aromatic nitrogens is 3. The van der Waals surface area contributed by atoms with Crippen LogP contribution in [0.1, 0.15) is 35.5 Å². The first kappa shape index (κ1) is 15.4. The van der Waals surface area contributed by atoms with Crippen molar-refractivity contribution in [1.82, 2.24) is 15.0 Å². The summed E-state index contributed by atoms with van der Waals surface area (Å²) in [4.78, 5) is 24.6. The molecule has 0 unspecified atom stereocenters. The van der Waals surface area contributed by atoms with Crippen LogP contribution < -0.4 is 0 Å². The van der Waals surface area contributed by atoms with Crippen molar-refractivity contribution in [1.29, 1.82) is 0 Å². The van der Waals surface area contributed by atoms with Crippen LogP contribution in [0.4, 0.5) is 0 Å². The highest BCUT2D eigenvalue weighted by Crippen LogP contribution is 2.21. The van der Waals surface area contributed by atoms with E-state index in [0.717, 1.165) is 17.5 Å². The molecule has 0 radical (unpaired) electrons. The smallest absolute Gasteiger partial charge is 0.341 e. The quantitative estimate of drug-likeness (QED) is 0.627. The van der Waals surface area contributed by atoms with Gasteiger partial charge >= 0.3 is 5.97 Å². The molecule has 110 valence electrons. The lowest BCUT2D eigenvalue weighted by Gasteiger charge is -2.09. The van der Waals surface area contributed by atoms with E-state index in [4.69, 9.17) is 16.3 Å². The van der Waals surface area contributed by atoms with Crippen LogP contribution in [-0.2, 0) is 17.0 Å². The van der Waals surface area contributed by atoms with Crippen LogP contribution >= 0.6 is 11.6 Å². The van der Waals surface area contributed by atoms with E-state index in [-0.39, 0.29) is 5.88 Å². The Hall–Kier alpha value is -2.01. The number of nitrogens with zero attached hydrogens (tertiary/aromatic N) is 3. The third kappa shape index (κ3) is 3.36. The summed E-state index contributed by atoms with van der Waals surface area (Å²) in [6.45, 7) is 4.08. The normalized spacial score (nSPS) is 10.4. The van der Waals surface area contributed by atoms with Gasteiger partial charge in [0.25, 0.3) is 0 Å². The average Bonchev–Trinajstić information content (AvgIpc) is 2.54. The second kappa shape index (κ2) is 7.13. The van der Waals surface area contributed by atoms with Crippen molar-refractivity contribution in [2.24, 2.45) is 0 Å². The molecule has 0 aliphatic rings. The Balaban J connectivity index is 2.46. The summed E-state index contributed by atoms with van der Waals surface area (Å²) in [6, 6.07) is 1.86. The van der Waals surface area contributed by atoms with Gasteiger partial charge in [0, 0.05) is 24.2 Å². The Morgan fingerprint density at radius 2 is 2.14 bits per heavy atom. The van der Waals surface area contributed by atoms with Crippen LogP contribution in [0.3, 0.4) is 0 Å². The van der Waals surface area contributed by atoms with Gasteiger partial charge in [0.2, 0.25) is 0 Å². The van der Waals surface area contributed by atoms with E-state index in [9.17, 15) is 4.79 Å². The van der Waals surface area contributed by atoms with Crippen molar-refractivity contribution >= 4 is 17.6 Å². The minimum Gasteiger partial charge on any atom is -0.462 e. The molecule has 5 nitrogen and oxygen atoms in total. The van der Waals surface area contributed by atoms with E-state index in [1.807, 2.05) is 13.0 Å². The molecule has 2 rings (SSSR count). The van der Waals surface area contributed by atoms with Gasteiger partial charge < -0.3 is 4.74 Å². The minimum atomic E-state index is -0.454. The van der Waals surface area contributed by atoms with Crippen molar-refractivity contribution in [2.45, 2.75) is 26.1 Å². The van der Waals surface area contributed by atoms with E-state index < -0.39 is 5.97 Å². The molecule has 6 heteroatoms. The number of ether oxygens (including phenoxy) is 1. The number of rotatable bonds is 5. The predicted molar refractivity (Wildman–Crippen MR) is 80.2 cm³/mol. The highest BCUT2D eigenvalue weighted by molar-refractivity contribution is 6.17. The van der Waals surface area contributed by atoms with Gasteiger partial charge in [-0.15, -0.1) is 11.6 Å². The molecule has 0 spiro atoms. The lowest BCUT2D eigenvalue weighted by Crippen LogP contribution is -2.11. The Bertz CT molecular complexity index is 647. The largest absolute Gasteiger partial charge is 0.462 e. The lowest BCUT2D eigenvalue weighted by molar-refractivity contribution is 0.0524. The maximum atomic E-state index is 11.8. The average molecular weight is 306 g/mol. The molecule has 2 aromatic heterocycles. The standard InChI is InChI=1S/C15H16ClN3O2/c1-3-10-8-17-6-5-11(10)14-18-9-12(13(7-16)19-14)15(20)21-4-2/h5-6,8-9H,3-4,7H2,1-2H3. The van der Waals surface area contributed by atoms with E-state index in [0.29, 0.717) is 23.7 Å². The molecule has 0 aromatic carbocycles. The fraction of sp³-hybridized carbons (Fsp3) is 0.333. The Labute approximate surface area is 128 Å². The van der Waals surface area contributed by atoms with Crippen LogP contribution in [0.25, 0.3) is 11.4 Å². The third-order valence-electron chi connectivity index (χ3n) is 3.02. The molecule has 0 N–H and O–H groups in total. The number of hydrogen-bond acceptors (Lipinski definition) is 5. The number of alkyl halides is 1. The summed E-state index contributed by atoms with van der Waals surface area (Å²) < 4.78 is 4.97. The summed E-state index contributed by atoms with van der Waals surface area (Å²) in [6.07, 6.45) is 5.77. The Kier molecular flexibility index (Phi) is 5.22. The van der Waals surface area contributed by atoms with Gasteiger partial charge in [0.05, 0.1) is 18.2 Å². The molecule has 0 bridgehead atoms. The summed E-state index contributed by atoms with van der Waals surface area (Å²) >= 11 is 5.90. The molecule has 21 heavy (non-hydrogen) atoms. The first-order valence-electron chi connectivity index (χ1n) is 6.73. The first-order valence-corrected chi connectivity index (χ1v) is 7.26. The Morgan fingerprint density at radius 1 is 1.33 bits per heavy atom. The van der Waals surface area contributed by atoms with Crippen LogP contribution in [0.5, 0.6) is 0 Å². The summed E-state index contributed by atoms with van der Waals surface area (Å²) in [5.74, 6) is 0.207. The van der Waals surface area contributed by atoms with E-state index in [2.05, 4.69) is 15.0 Å². The number of esters is 1. The number of aryl methyl sites for hydroxylation is 1. The van der Waals surface area contributed by atoms with Crippen LogP contribution in [0.2, 0.25) is 0 Å². The highest BCUT2D eigenvalue weighted by atomic mass is 35.5. The molecule has 0 saturated heterocycles. The third-order valence-corrected chi connectivity index (χ3v) is 3.27. The van der Waals surface area contributed by atoms with Crippen molar-refractivity contribution in [3.63, 3.8) is 0 Å². The monoisotopic (exact) mass is 305 g/mol. The molecule has 0 aliphatic carbocycles. The zero-order valence-corrected chi connectivity index (χ0v) is 12.7. The maximum absolute atomic E-state index is 11.8. The maximum Gasteiger partial charge on any atom is 0.341 e. The molecule has 0 saturated carbocycles. The predicted octanol–water partition coefficient (Wildman–Crippen LogP) is 3.02. The van der Waals surface area contributed by atoms with Gasteiger partial charge in [-0.05, 0) is 25.0 Å². The van der Waals surface area contributed by atoms with Gasteiger partial charge in [0.1, 0.15) is 5.56 Å². The number of pyridine rings is 1. The zero-order valence-electron chi connectivity index (χ0n) is 12.0. The summed E-state index contributed by atoms with van der Waals surface area (Å²) in [5.41, 5.74) is 2.72. The van der Waals surface area contributed by atoms with Crippen molar-refractivity contribution in [2.75, 3.05) is 6.61 Å². The molecule has 2 aromatic rings. The number of halogens is 1. The number of carbonyl (C=O) groups is 1. The summed E-state index contributed by atoms with van der Waals surface area (Å²) in [7, 11) is 0. The van der Waals surface area contributed by atoms with Gasteiger partial charge in [-0.25, -0.2) is 14.8 Å². The molecular formula is C15H16ClN3O2. The van der Waals surface area contributed by atoms with Crippen molar-refractivity contribution in [3.8, 4) is 11.4 Å². The topological polar surface area (TPSA) is 65.0 Å².